The Morgan fingerprint density at radius 1 is 1.22 bits per heavy atom. The van der Waals surface area contributed by atoms with Crippen molar-refractivity contribution in [3.63, 3.8) is 0 Å². The van der Waals surface area contributed by atoms with Crippen LogP contribution in [-0.2, 0) is 9.37 Å². The van der Waals surface area contributed by atoms with Gasteiger partial charge in [-0.3, -0.25) is 5.04 Å². The first-order valence-electron chi connectivity index (χ1n) is 4.46. The van der Waals surface area contributed by atoms with E-state index < -0.39 is 5.75 Å². The molecular weight excluding hydrogens is 269 g/mol. The molecule has 0 aromatic heterocycles. The molecule has 0 saturated carbocycles. The van der Waals surface area contributed by atoms with E-state index in [0.29, 0.717) is 15.7 Å². The third-order valence-electron chi connectivity index (χ3n) is 2.18. The molecule has 0 aliphatic heterocycles. The number of benzene rings is 2. The van der Waals surface area contributed by atoms with Gasteiger partial charge in [-0.2, -0.15) is 4.33 Å². The van der Waals surface area contributed by atoms with E-state index in [0.717, 1.165) is 12.0 Å². The van der Waals surface area contributed by atoms with Gasteiger partial charge in [0.15, 0.2) is 0 Å². The van der Waals surface area contributed by atoms with Crippen LogP contribution < -0.4 is 39.9 Å². The zero-order valence-corrected chi connectivity index (χ0v) is 12.1. The van der Waals surface area contributed by atoms with Crippen molar-refractivity contribution in [1.29, 1.82) is 0 Å². The molecule has 0 heterocycles. The Morgan fingerprint density at radius 2 is 2.00 bits per heavy atom. The van der Waals surface area contributed by atoms with E-state index in [1.54, 1.807) is 24.3 Å². The fraction of sp³-hybridized carbons (Fsp3) is 0. The summed E-state index contributed by atoms with van der Waals surface area (Å²) in [5.74, 6) is -0.424. The van der Waals surface area contributed by atoms with Gasteiger partial charge in [-0.15, -0.1) is 4.91 Å². The zero-order chi connectivity index (χ0) is 12.3. The summed E-state index contributed by atoms with van der Waals surface area (Å²) in [7, 11) is 0. The van der Waals surface area contributed by atoms with Gasteiger partial charge in [0.2, 0.25) is 0 Å². The standard InChI is InChI=1S/C10H7NO5S.Na/c12-9-4-1-6-5-7(17-16-15-14)2-3-8(6)10(9)11-13;/h1-5,12,14H;/q;+1/p-2. The van der Waals surface area contributed by atoms with Crippen molar-refractivity contribution in [2.45, 2.75) is 4.90 Å². The van der Waals surface area contributed by atoms with Gasteiger partial charge >= 0.3 is 29.6 Å². The number of hydrogen-bond donors (Lipinski definition) is 0. The quantitative estimate of drug-likeness (QED) is 0.222. The predicted molar refractivity (Wildman–Crippen MR) is 56.9 cm³/mol. The summed E-state index contributed by atoms with van der Waals surface area (Å²) in [5, 5.41) is 28.0. The minimum absolute atomic E-state index is 0. The predicted octanol–water partition coefficient (Wildman–Crippen LogP) is -1.45. The molecule has 0 fully saturated rings. The average Bonchev–Trinajstić information content (AvgIpc) is 2.36. The van der Waals surface area contributed by atoms with E-state index in [1.807, 2.05) is 0 Å². The first-order valence-corrected chi connectivity index (χ1v) is 5.20. The molecule has 6 nitrogen and oxygen atoms in total. The minimum atomic E-state index is -0.424. The molecule has 88 valence electrons. The van der Waals surface area contributed by atoms with Crippen LogP contribution in [0.25, 0.3) is 10.8 Å². The van der Waals surface area contributed by atoms with Crippen molar-refractivity contribution < 1.29 is 49.3 Å². The third kappa shape index (κ3) is 3.21. The number of hydrogen-bond acceptors (Lipinski definition) is 7. The van der Waals surface area contributed by atoms with Crippen LogP contribution in [0.2, 0.25) is 0 Å². The maximum Gasteiger partial charge on any atom is 1.00 e. The first-order chi connectivity index (χ1) is 8.26. The van der Waals surface area contributed by atoms with Crippen LogP contribution in [0.15, 0.2) is 40.4 Å². The monoisotopic (exact) mass is 274 g/mol. The van der Waals surface area contributed by atoms with Crippen molar-refractivity contribution >= 4 is 28.5 Å². The normalized spacial score (nSPS) is 10.1. The molecule has 0 spiro atoms. The Kier molecular flexibility index (Phi) is 6.03. The molecule has 0 unspecified atom stereocenters. The van der Waals surface area contributed by atoms with Crippen molar-refractivity contribution in [2.75, 3.05) is 0 Å². The van der Waals surface area contributed by atoms with Gasteiger partial charge in [-0.1, -0.05) is 23.9 Å². The second kappa shape index (κ2) is 7.05. The number of fused-ring (bicyclic) bond motifs is 1. The SMILES string of the molecule is O=Nc1c([O-])ccc2cc(SOO[O-])ccc12.[Na+]. The molecule has 0 aliphatic carbocycles. The van der Waals surface area contributed by atoms with E-state index in [4.69, 9.17) is 0 Å². The van der Waals surface area contributed by atoms with Crippen LogP contribution in [0.5, 0.6) is 5.75 Å². The van der Waals surface area contributed by atoms with Gasteiger partial charge in [0, 0.05) is 10.3 Å². The second-order valence-corrected chi connectivity index (χ2v) is 3.88. The molecule has 8 heteroatoms. The molecule has 0 N–H and O–H groups in total. The Morgan fingerprint density at radius 3 is 2.67 bits per heavy atom. The Balaban J connectivity index is 0.00000162. The molecule has 2 aromatic carbocycles. The smallest absolute Gasteiger partial charge is 0.871 e. The maximum absolute atomic E-state index is 11.3. The molecule has 2 rings (SSSR count). The van der Waals surface area contributed by atoms with Crippen molar-refractivity contribution in [3.05, 3.63) is 35.2 Å². The summed E-state index contributed by atoms with van der Waals surface area (Å²) in [6.07, 6.45) is 0. The zero-order valence-electron chi connectivity index (χ0n) is 9.28. The molecular formula is C10H5NNaO5S-. The van der Waals surface area contributed by atoms with Crippen molar-refractivity contribution in [1.82, 2.24) is 0 Å². The van der Waals surface area contributed by atoms with E-state index in [-0.39, 0.29) is 35.2 Å². The van der Waals surface area contributed by atoms with Gasteiger partial charge in [-0.05, 0) is 22.7 Å². The minimum Gasteiger partial charge on any atom is -0.871 e. The fourth-order valence-electron chi connectivity index (χ4n) is 1.47. The van der Waals surface area contributed by atoms with Gasteiger partial charge < -0.3 is 10.4 Å². The Labute approximate surface area is 128 Å². The average molecular weight is 274 g/mol. The summed E-state index contributed by atoms with van der Waals surface area (Å²) in [5.41, 5.74) is -0.125. The van der Waals surface area contributed by atoms with E-state index in [9.17, 15) is 15.3 Å². The molecule has 0 radical (unpaired) electrons. The first kappa shape index (κ1) is 15.4. The topological polar surface area (TPSA) is 94.0 Å². The molecule has 0 aliphatic rings. The van der Waals surface area contributed by atoms with Crippen molar-refractivity contribution in [3.8, 4) is 5.75 Å². The molecule has 0 atom stereocenters. The number of nitrogens with zero attached hydrogens (tertiary/aromatic N) is 1. The third-order valence-corrected chi connectivity index (χ3v) is 2.75. The van der Waals surface area contributed by atoms with Gasteiger partial charge in [0.1, 0.15) is 5.69 Å². The van der Waals surface area contributed by atoms with Crippen molar-refractivity contribution in [2.24, 2.45) is 5.18 Å². The van der Waals surface area contributed by atoms with Gasteiger partial charge in [0.25, 0.3) is 0 Å². The van der Waals surface area contributed by atoms with Crippen LogP contribution in [0.1, 0.15) is 0 Å². The Bertz CT molecular complexity index is 565. The van der Waals surface area contributed by atoms with Crippen LogP contribution in [0.3, 0.4) is 0 Å². The number of rotatable bonds is 4. The van der Waals surface area contributed by atoms with E-state index >= 15 is 0 Å². The summed E-state index contributed by atoms with van der Waals surface area (Å²) >= 11 is 0.731. The molecule has 0 saturated heterocycles. The Hall–Kier alpha value is -0.670. The molecule has 18 heavy (non-hydrogen) atoms. The summed E-state index contributed by atoms with van der Waals surface area (Å²) < 4.78 is 4.16. The van der Waals surface area contributed by atoms with E-state index in [1.165, 1.54) is 6.07 Å². The van der Waals surface area contributed by atoms with Gasteiger partial charge in [-0.25, -0.2) is 0 Å². The van der Waals surface area contributed by atoms with Crippen LogP contribution in [0.4, 0.5) is 5.69 Å². The van der Waals surface area contributed by atoms with Crippen LogP contribution in [0, 0.1) is 4.91 Å². The summed E-state index contributed by atoms with van der Waals surface area (Å²) in [6.45, 7) is 0. The number of nitroso groups, excluding NO2 is 1. The van der Waals surface area contributed by atoms with Gasteiger partial charge in [0.05, 0.1) is 12.0 Å². The molecule has 2 aromatic rings. The summed E-state index contributed by atoms with van der Waals surface area (Å²) in [6, 6.07) is 7.62. The summed E-state index contributed by atoms with van der Waals surface area (Å²) in [4.78, 5) is 11.2. The fourth-order valence-corrected chi connectivity index (χ4v) is 1.88. The van der Waals surface area contributed by atoms with Crippen LogP contribution >= 0.6 is 12.0 Å². The second-order valence-electron chi connectivity index (χ2n) is 3.11. The molecule has 0 amide bonds. The molecule has 0 bridgehead atoms. The van der Waals surface area contributed by atoms with Crippen LogP contribution in [-0.4, -0.2) is 0 Å². The largest absolute Gasteiger partial charge is 1.00 e. The van der Waals surface area contributed by atoms with E-state index in [2.05, 4.69) is 14.5 Å². The maximum atomic E-state index is 11.3.